The average Bonchev–Trinajstić information content (AvgIpc) is 3.32. The Bertz CT molecular complexity index is 725. The van der Waals surface area contributed by atoms with Crippen LogP contribution in [0.15, 0.2) is 18.3 Å². The molecule has 1 aromatic heterocycles. The van der Waals surface area contributed by atoms with Gasteiger partial charge in [0.15, 0.2) is 0 Å². The molecule has 1 unspecified atom stereocenters. The molecule has 4 heterocycles. The molecule has 1 aromatic rings. The molecule has 0 aromatic carbocycles. The Balaban J connectivity index is 0.000000755. The van der Waals surface area contributed by atoms with E-state index in [0.29, 0.717) is 37.3 Å². The fraction of sp³-hybridized carbons (Fsp3) is 0.600. The number of nitrogen functional groups attached to an aromatic ring is 1. The number of aromatic nitrogens is 1. The lowest BCUT2D eigenvalue weighted by molar-refractivity contribution is -0.151. The number of nitrogens with two attached hydrogens (primary N) is 1. The van der Waals surface area contributed by atoms with E-state index in [1.807, 2.05) is 0 Å². The van der Waals surface area contributed by atoms with Gasteiger partial charge in [-0.15, -0.1) is 0 Å². The second-order valence-electron chi connectivity index (χ2n) is 7.89. The third-order valence-corrected chi connectivity index (χ3v) is 6.03. The van der Waals surface area contributed by atoms with Crippen LogP contribution < -0.4 is 5.73 Å². The molecule has 3 fully saturated rings. The van der Waals surface area contributed by atoms with E-state index < -0.39 is 5.41 Å². The van der Waals surface area contributed by atoms with Gasteiger partial charge in [0, 0.05) is 32.3 Å². The van der Waals surface area contributed by atoms with Crippen LogP contribution in [-0.2, 0) is 14.3 Å². The van der Waals surface area contributed by atoms with Crippen molar-refractivity contribution in [2.45, 2.75) is 38.2 Å². The lowest BCUT2D eigenvalue weighted by atomic mass is 9.76. The quantitative estimate of drug-likeness (QED) is 0.564. The Morgan fingerprint density at radius 1 is 1.28 bits per heavy atom. The Labute approximate surface area is 169 Å². The molecule has 3 aliphatic heterocycles. The monoisotopic (exact) mass is 404 g/mol. The normalized spacial score (nSPS) is 23.4. The van der Waals surface area contributed by atoms with Crippen LogP contribution in [0.3, 0.4) is 0 Å². The predicted octanol–water partition coefficient (Wildman–Crippen LogP) is 0.998. The van der Waals surface area contributed by atoms with Crippen molar-refractivity contribution in [1.82, 2.24) is 14.8 Å². The third-order valence-electron chi connectivity index (χ3n) is 6.03. The maximum atomic E-state index is 12.6. The molecule has 4 rings (SSSR count). The molecule has 3 aliphatic rings. The zero-order chi connectivity index (χ0) is 20.9. The number of hydrogen-bond acceptors (Lipinski definition) is 7. The summed E-state index contributed by atoms with van der Waals surface area (Å²) in [6, 6.07) is 3.33. The van der Waals surface area contributed by atoms with E-state index in [1.54, 1.807) is 17.0 Å². The minimum atomic E-state index is -0.402. The Morgan fingerprint density at radius 3 is 2.52 bits per heavy atom. The summed E-state index contributed by atoms with van der Waals surface area (Å²) in [5.74, 6) is 0.284. The number of likely N-dealkylation sites (tertiary alicyclic amines) is 2. The molecule has 1 atom stereocenters. The van der Waals surface area contributed by atoms with Crippen molar-refractivity contribution in [3.05, 3.63) is 23.9 Å². The van der Waals surface area contributed by atoms with Crippen molar-refractivity contribution in [2.75, 3.05) is 38.5 Å². The standard InChI is InChI=1S/C19H26N4O3.CH2O2/c20-16-4-3-14(12-21-16)17(24)23-9-5-19(6-10-23)11-15(26-18(19)25)13-22-7-1-2-8-22;2-1-3/h3-4,12,15H,1-2,5-11,13H2,(H2,20,21);1H,(H,2,3). The smallest absolute Gasteiger partial charge is 0.312 e. The summed E-state index contributed by atoms with van der Waals surface area (Å²) in [6.45, 7) is 3.98. The number of cyclic esters (lactones) is 1. The summed E-state index contributed by atoms with van der Waals surface area (Å²) in [5.41, 5.74) is 5.72. The van der Waals surface area contributed by atoms with Gasteiger partial charge < -0.3 is 20.5 Å². The molecular formula is C20H28N4O5. The summed E-state index contributed by atoms with van der Waals surface area (Å²) in [5, 5.41) is 6.89. The first-order chi connectivity index (χ1) is 14.0. The van der Waals surface area contributed by atoms with E-state index >= 15 is 0 Å². The molecule has 0 bridgehead atoms. The molecule has 0 saturated carbocycles. The number of hydrogen-bond donors (Lipinski definition) is 2. The molecular weight excluding hydrogens is 376 g/mol. The van der Waals surface area contributed by atoms with Gasteiger partial charge in [0.1, 0.15) is 11.9 Å². The Kier molecular flexibility index (Phi) is 6.68. The van der Waals surface area contributed by atoms with Crippen molar-refractivity contribution >= 4 is 24.2 Å². The average molecular weight is 404 g/mol. The van der Waals surface area contributed by atoms with E-state index in [0.717, 1.165) is 26.1 Å². The van der Waals surface area contributed by atoms with E-state index in [4.69, 9.17) is 20.4 Å². The number of amides is 1. The first-order valence-electron chi connectivity index (χ1n) is 9.99. The lowest BCUT2D eigenvalue weighted by Crippen LogP contribution is -2.45. The first kappa shape index (κ1) is 21.0. The fourth-order valence-electron chi connectivity index (χ4n) is 4.45. The van der Waals surface area contributed by atoms with Crippen molar-refractivity contribution in [1.29, 1.82) is 0 Å². The van der Waals surface area contributed by atoms with E-state index in [9.17, 15) is 9.59 Å². The highest BCUT2D eigenvalue weighted by molar-refractivity contribution is 5.94. The summed E-state index contributed by atoms with van der Waals surface area (Å²) in [6.07, 6.45) is 6.13. The van der Waals surface area contributed by atoms with E-state index in [-0.39, 0.29) is 24.5 Å². The number of pyridine rings is 1. The number of rotatable bonds is 3. The van der Waals surface area contributed by atoms with Crippen LogP contribution in [0.25, 0.3) is 0 Å². The summed E-state index contributed by atoms with van der Waals surface area (Å²) < 4.78 is 5.70. The highest BCUT2D eigenvalue weighted by atomic mass is 16.6. The number of anilines is 1. The summed E-state index contributed by atoms with van der Waals surface area (Å²) in [4.78, 5) is 41.7. The molecule has 1 amide bonds. The fourth-order valence-corrected chi connectivity index (χ4v) is 4.45. The summed E-state index contributed by atoms with van der Waals surface area (Å²) in [7, 11) is 0. The zero-order valence-electron chi connectivity index (χ0n) is 16.5. The molecule has 158 valence electrons. The Morgan fingerprint density at radius 2 is 1.93 bits per heavy atom. The third kappa shape index (κ3) is 4.84. The molecule has 0 radical (unpaired) electrons. The van der Waals surface area contributed by atoms with Crippen LogP contribution in [0.4, 0.5) is 5.82 Å². The second kappa shape index (κ2) is 9.21. The van der Waals surface area contributed by atoms with E-state index in [2.05, 4.69) is 9.88 Å². The lowest BCUT2D eigenvalue weighted by Gasteiger charge is -2.36. The molecule has 1 spiro atoms. The van der Waals surface area contributed by atoms with Crippen LogP contribution in [0.1, 0.15) is 42.5 Å². The Hall–Kier alpha value is -2.68. The minimum Gasteiger partial charge on any atom is -0.483 e. The maximum Gasteiger partial charge on any atom is 0.312 e. The number of carbonyl (C=O) groups excluding carboxylic acids is 2. The number of carbonyl (C=O) groups is 3. The van der Waals surface area contributed by atoms with Crippen LogP contribution in [0.2, 0.25) is 0 Å². The van der Waals surface area contributed by atoms with E-state index in [1.165, 1.54) is 19.0 Å². The van der Waals surface area contributed by atoms with Gasteiger partial charge in [-0.05, 0) is 50.9 Å². The zero-order valence-corrected chi connectivity index (χ0v) is 16.5. The van der Waals surface area contributed by atoms with Crippen molar-refractivity contribution in [3.8, 4) is 0 Å². The van der Waals surface area contributed by atoms with Gasteiger partial charge in [-0.25, -0.2) is 4.98 Å². The molecule has 3 N–H and O–H groups in total. The number of ether oxygens (including phenoxy) is 1. The first-order valence-corrected chi connectivity index (χ1v) is 9.99. The SMILES string of the molecule is Nc1ccc(C(=O)N2CCC3(CC2)CC(CN2CCCC2)OC3=O)cn1.O=CO. The van der Waals surface area contributed by atoms with Gasteiger partial charge in [0.2, 0.25) is 0 Å². The molecule has 0 aliphatic carbocycles. The minimum absolute atomic E-state index is 0.00384. The van der Waals surface area contributed by atoms with Gasteiger partial charge >= 0.3 is 5.97 Å². The van der Waals surface area contributed by atoms with Crippen LogP contribution >= 0.6 is 0 Å². The number of carboxylic acid groups (broad SMARTS) is 1. The van der Waals surface area contributed by atoms with Crippen LogP contribution in [0.5, 0.6) is 0 Å². The second-order valence-corrected chi connectivity index (χ2v) is 7.89. The van der Waals surface area contributed by atoms with Gasteiger partial charge in [-0.1, -0.05) is 0 Å². The van der Waals surface area contributed by atoms with Crippen molar-refractivity contribution in [2.24, 2.45) is 5.41 Å². The largest absolute Gasteiger partial charge is 0.483 e. The molecule has 9 heteroatoms. The van der Waals surface area contributed by atoms with Gasteiger partial charge in [0.25, 0.3) is 12.4 Å². The topological polar surface area (TPSA) is 126 Å². The number of nitrogens with zero attached hydrogens (tertiary/aromatic N) is 3. The highest BCUT2D eigenvalue weighted by Gasteiger charge is 2.51. The number of esters is 1. The van der Waals surface area contributed by atoms with Gasteiger partial charge in [0.05, 0.1) is 11.0 Å². The molecule has 29 heavy (non-hydrogen) atoms. The predicted molar refractivity (Wildman–Crippen MR) is 105 cm³/mol. The maximum absolute atomic E-state index is 12.6. The number of piperidine rings is 1. The highest BCUT2D eigenvalue weighted by Crippen LogP contribution is 2.43. The molecule has 9 nitrogen and oxygen atoms in total. The van der Waals surface area contributed by atoms with Crippen LogP contribution in [0, 0.1) is 5.41 Å². The van der Waals surface area contributed by atoms with Crippen LogP contribution in [-0.4, -0.2) is 77.1 Å². The van der Waals surface area contributed by atoms with Crippen molar-refractivity contribution in [3.63, 3.8) is 0 Å². The van der Waals surface area contributed by atoms with Crippen molar-refractivity contribution < 1.29 is 24.2 Å². The summed E-state index contributed by atoms with van der Waals surface area (Å²) >= 11 is 0. The van der Waals surface area contributed by atoms with Gasteiger partial charge in [-0.3, -0.25) is 19.3 Å². The molecule has 3 saturated heterocycles. The van der Waals surface area contributed by atoms with Gasteiger partial charge in [-0.2, -0.15) is 0 Å².